The summed E-state index contributed by atoms with van der Waals surface area (Å²) in [6, 6.07) is 4.13. The lowest BCUT2D eigenvalue weighted by molar-refractivity contribution is -0.137. The summed E-state index contributed by atoms with van der Waals surface area (Å²) in [5.41, 5.74) is -1.07. The van der Waals surface area contributed by atoms with Crippen molar-refractivity contribution in [3.63, 3.8) is 0 Å². The second-order valence-electron chi connectivity index (χ2n) is 7.59. The molecule has 1 N–H and O–H groups in total. The van der Waals surface area contributed by atoms with Crippen LogP contribution in [0.4, 0.5) is 13.2 Å². The summed E-state index contributed by atoms with van der Waals surface area (Å²) in [6.07, 6.45) is -0.117. The van der Waals surface area contributed by atoms with E-state index in [1.165, 1.54) is 6.42 Å². The molecule has 32 heavy (non-hydrogen) atoms. The highest BCUT2D eigenvalue weighted by molar-refractivity contribution is 7.95. The van der Waals surface area contributed by atoms with Crippen LogP contribution in [-0.4, -0.2) is 52.4 Å². The fraction of sp³-hybridized carbons (Fsp3) is 0.526. The van der Waals surface area contributed by atoms with Gasteiger partial charge in [-0.05, 0) is 63.5 Å². The Balaban J connectivity index is 1.64. The molecule has 0 amide bonds. The Kier molecular flexibility index (Phi) is 7.65. The first-order chi connectivity index (χ1) is 14.9. The van der Waals surface area contributed by atoms with Crippen molar-refractivity contribution in [2.24, 2.45) is 0 Å². The molecule has 7 nitrogen and oxygen atoms in total. The molecule has 1 unspecified atom stereocenters. The fourth-order valence-corrected chi connectivity index (χ4v) is 7.62. The first-order valence-corrected chi connectivity index (χ1v) is 13.8. The number of pyridine rings is 1. The largest absolute Gasteiger partial charge is 0.417 e. The van der Waals surface area contributed by atoms with Gasteiger partial charge >= 0.3 is 6.18 Å². The Bertz CT molecular complexity index is 1130. The van der Waals surface area contributed by atoms with E-state index in [4.69, 9.17) is 0 Å². The van der Waals surface area contributed by atoms with Gasteiger partial charge in [-0.15, -0.1) is 11.3 Å². The maximum atomic E-state index is 12.7. The van der Waals surface area contributed by atoms with Gasteiger partial charge in [0.25, 0.3) is 0 Å². The van der Waals surface area contributed by atoms with Gasteiger partial charge in [0.2, 0.25) is 19.9 Å². The average Bonchev–Trinajstić information content (AvgIpc) is 3.24. The Labute approximate surface area is 189 Å². The molecule has 1 aliphatic heterocycles. The van der Waals surface area contributed by atoms with Crippen LogP contribution in [0, 0.1) is 0 Å². The molecular weight excluding hydrogens is 487 g/mol. The molecule has 1 atom stereocenters. The molecule has 3 heterocycles. The summed E-state index contributed by atoms with van der Waals surface area (Å²) >= 11 is 0.527. The number of piperidine rings is 1. The van der Waals surface area contributed by atoms with E-state index in [-0.39, 0.29) is 15.0 Å². The summed E-state index contributed by atoms with van der Waals surface area (Å²) in [6.45, 7) is 4.14. The van der Waals surface area contributed by atoms with Gasteiger partial charge in [0.15, 0.2) is 5.03 Å². The number of rotatable bonds is 8. The zero-order valence-corrected chi connectivity index (χ0v) is 19.7. The number of aromatic nitrogens is 1. The normalized spacial score (nSPS) is 18.7. The first-order valence-electron chi connectivity index (χ1n) is 10.0. The molecule has 2 aromatic rings. The number of hydrogen-bond acceptors (Lipinski definition) is 7. The quantitative estimate of drug-likeness (QED) is 0.545. The van der Waals surface area contributed by atoms with Gasteiger partial charge in [-0.1, -0.05) is 6.42 Å². The summed E-state index contributed by atoms with van der Waals surface area (Å²) in [5, 5.41) is -0.583. The number of halogens is 3. The third-order valence-corrected chi connectivity index (χ3v) is 10.5. The zero-order valence-electron chi connectivity index (χ0n) is 17.3. The second-order valence-corrected chi connectivity index (χ2v) is 12.8. The Morgan fingerprint density at radius 3 is 2.47 bits per heavy atom. The Morgan fingerprint density at radius 2 is 1.84 bits per heavy atom. The molecule has 2 aromatic heterocycles. The van der Waals surface area contributed by atoms with Gasteiger partial charge < -0.3 is 4.90 Å². The number of sulfonamides is 1. The fourth-order valence-electron chi connectivity index (χ4n) is 3.45. The van der Waals surface area contributed by atoms with Crippen LogP contribution in [0.3, 0.4) is 0 Å². The highest BCUT2D eigenvalue weighted by atomic mass is 32.3. The first kappa shape index (κ1) is 25.1. The van der Waals surface area contributed by atoms with Crippen LogP contribution < -0.4 is 4.72 Å². The van der Waals surface area contributed by atoms with Crippen molar-refractivity contribution in [2.75, 3.05) is 19.6 Å². The van der Waals surface area contributed by atoms with Crippen molar-refractivity contribution in [1.29, 1.82) is 0 Å². The lowest BCUT2D eigenvalue weighted by Crippen LogP contribution is -2.39. The molecule has 0 aromatic carbocycles. The van der Waals surface area contributed by atoms with E-state index in [2.05, 4.69) is 21.5 Å². The van der Waals surface area contributed by atoms with Crippen molar-refractivity contribution in [2.45, 2.75) is 58.3 Å². The van der Waals surface area contributed by atoms with E-state index >= 15 is 0 Å². The monoisotopic (exact) mass is 511 g/mol. The number of nitrogens with one attached hydrogen (secondary N) is 1. The number of nitrogens with zero attached hydrogens (tertiary/aromatic N) is 2. The summed E-state index contributed by atoms with van der Waals surface area (Å²) < 4.78 is 90.3. The molecule has 0 bridgehead atoms. The number of sulfone groups is 1. The van der Waals surface area contributed by atoms with E-state index < -0.39 is 36.6 Å². The second kappa shape index (κ2) is 9.75. The smallest absolute Gasteiger partial charge is 0.301 e. The molecule has 178 valence electrons. The van der Waals surface area contributed by atoms with Crippen LogP contribution >= 0.6 is 11.3 Å². The molecular formula is C19H24F3N3O4S3. The topological polar surface area (TPSA) is 96.4 Å². The predicted octanol–water partition coefficient (Wildman–Crippen LogP) is 3.54. The van der Waals surface area contributed by atoms with E-state index in [0.717, 1.165) is 44.1 Å². The maximum absolute atomic E-state index is 12.7. The SMILES string of the molecule is CC1CCCCN1CCCNS(=O)(=O)c1ccc(S(=O)(=O)c2ccc(C(F)(F)F)cn2)s1. The number of likely N-dealkylation sites (tertiary alicyclic amines) is 1. The summed E-state index contributed by atoms with van der Waals surface area (Å²) in [7, 11) is -8.15. The zero-order chi connectivity index (χ0) is 23.6. The van der Waals surface area contributed by atoms with E-state index in [1.54, 1.807) is 0 Å². The number of alkyl halides is 3. The van der Waals surface area contributed by atoms with Crippen molar-refractivity contribution >= 4 is 31.2 Å². The van der Waals surface area contributed by atoms with Gasteiger partial charge in [0.05, 0.1) is 5.56 Å². The molecule has 0 aliphatic carbocycles. The van der Waals surface area contributed by atoms with Crippen molar-refractivity contribution in [3.05, 3.63) is 36.0 Å². The van der Waals surface area contributed by atoms with Crippen molar-refractivity contribution in [3.8, 4) is 0 Å². The number of hydrogen-bond donors (Lipinski definition) is 1. The molecule has 13 heteroatoms. The van der Waals surface area contributed by atoms with E-state index in [0.29, 0.717) is 36.1 Å². The number of thiophene rings is 1. The van der Waals surface area contributed by atoms with E-state index in [1.807, 2.05) is 0 Å². The standard InChI is InChI=1S/C19H24F3N3O4S3/c1-14-5-2-3-11-25(14)12-4-10-24-32(28,29)18-9-8-17(30-18)31(26,27)16-7-6-15(13-23-16)19(20,21)22/h6-9,13-14,24H,2-5,10-12H2,1H3. The van der Waals surface area contributed by atoms with Crippen LogP contribution in [0.1, 0.15) is 38.2 Å². The highest BCUT2D eigenvalue weighted by Crippen LogP contribution is 2.32. The minimum Gasteiger partial charge on any atom is -0.301 e. The Morgan fingerprint density at radius 1 is 1.12 bits per heavy atom. The summed E-state index contributed by atoms with van der Waals surface area (Å²) in [4.78, 5) is 5.73. The molecule has 0 radical (unpaired) electrons. The minimum absolute atomic E-state index is 0.186. The van der Waals surface area contributed by atoms with Crippen LogP contribution in [0.2, 0.25) is 0 Å². The molecule has 3 rings (SSSR count). The third kappa shape index (κ3) is 5.87. The van der Waals surface area contributed by atoms with Gasteiger partial charge in [0, 0.05) is 18.8 Å². The molecule has 1 fully saturated rings. The molecule has 1 saturated heterocycles. The van der Waals surface area contributed by atoms with Gasteiger partial charge in [0.1, 0.15) is 8.42 Å². The highest BCUT2D eigenvalue weighted by Gasteiger charge is 2.32. The Hall–Kier alpha value is -1.54. The van der Waals surface area contributed by atoms with E-state index in [9.17, 15) is 30.0 Å². The average molecular weight is 512 g/mol. The summed E-state index contributed by atoms with van der Waals surface area (Å²) in [5.74, 6) is 0. The van der Waals surface area contributed by atoms with Crippen molar-refractivity contribution < 1.29 is 30.0 Å². The lowest BCUT2D eigenvalue weighted by atomic mass is 10.0. The third-order valence-electron chi connectivity index (χ3n) is 5.28. The van der Waals surface area contributed by atoms with Crippen molar-refractivity contribution in [1.82, 2.24) is 14.6 Å². The van der Waals surface area contributed by atoms with Crippen LogP contribution in [0.5, 0.6) is 0 Å². The van der Waals surface area contributed by atoms with Crippen LogP contribution in [0.25, 0.3) is 0 Å². The van der Waals surface area contributed by atoms with Crippen LogP contribution in [-0.2, 0) is 26.0 Å². The predicted molar refractivity (Wildman–Crippen MR) is 114 cm³/mol. The van der Waals surface area contributed by atoms with Crippen LogP contribution in [0.15, 0.2) is 43.9 Å². The molecule has 0 saturated carbocycles. The van der Waals surface area contributed by atoms with Gasteiger partial charge in [-0.2, -0.15) is 13.2 Å². The van der Waals surface area contributed by atoms with Gasteiger partial charge in [-0.25, -0.2) is 26.5 Å². The minimum atomic E-state index is -4.64. The molecule has 0 spiro atoms. The molecule has 1 aliphatic rings. The van der Waals surface area contributed by atoms with Gasteiger partial charge in [-0.3, -0.25) is 0 Å². The maximum Gasteiger partial charge on any atom is 0.417 e. The lowest BCUT2D eigenvalue weighted by Gasteiger charge is -2.33.